The maximum Gasteiger partial charge on any atom is 0.325 e. The quantitative estimate of drug-likeness (QED) is 0.700. The third kappa shape index (κ3) is 2.97. The Kier molecular flexibility index (Phi) is 4.34. The van der Waals surface area contributed by atoms with Gasteiger partial charge in [0.1, 0.15) is 5.54 Å². The van der Waals surface area contributed by atoms with Crippen molar-refractivity contribution in [2.45, 2.75) is 47.1 Å². The normalized spacial score (nSPS) is 13.5. The third-order valence-corrected chi connectivity index (χ3v) is 3.08. The molecule has 0 amide bonds. The van der Waals surface area contributed by atoms with Gasteiger partial charge in [0.05, 0.1) is 6.54 Å². The second-order valence-electron chi connectivity index (χ2n) is 6.30. The highest BCUT2D eigenvalue weighted by molar-refractivity contribution is 5.82. The summed E-state index contributed by atoms with van der Waals surface area (Å²) >= 11 is 0. The minimum atomic E-state index is -1.31. The first kappa shape index (κ1) is 15.9. The van der Waals surface area contributed by atoms with Crippen LogP contribution in [0.5, 0.6) is 0 Å². The second-order valence-corrected chi connectivity index (χ2v) is 6.30. The van der Waals surface area contributed by atoms with Crippen molar-refractivity contribution in [3.05, 3.63) is 0 Å². The zero-order chi connectivity index (χ0) is 14.1. The van der Waals surface area contributed by atoms with Gasteiger partial charge in [-0.3, -0.25) is 14.9 Å². The van der Waals surface area contributed by atoms with E-state index in [9.17, 15) is 14.7 Å². The van der Waals surface area contributed by atoms with Crippen molar-refractivity contribution < 1.29 is 19.8 Å². The summed E-state index contributed by atoms with van der Waals surface area (Å²) < 4.78 is 0. The van der Waals surface area contributed by atoms with E-state index in [-0.39, 0.29) is 6.54 Å². The van der Waals surface area contributed by atoms with Crippen LogP contribution < -0.4 is 5.32 Å². The van der Waals surface area contributed by atoms with Crippen molar-refractivity contribution in [1.82, 2.24) is 5.32 Å². The lowest BCUT2D eigenvalue weighted by atomic mass is 9.60. The predicted octanol–water partition coefficient (Wildman–Crippen LogP) is 1.58. The molecule has 3 N–H and O–H groups in total. The number of carboxylic acid groups (broad SMARTS) is 2. The molecule has 0 spiro atoms. The summed E-state index contributed by atoms with van der Waals surface area (Å²) in [6.45, 7) is 10.4. The molecule has 100 valence electrons. The summed E-state index contributed by atoms with van der Waals surface area (Å²) in [7, 11) is 0. The molecule has 0 aromatic rings. The zero-order valence-corrected chi connectivity index (χ0v) is 11.4. The standard InChI is InChI=1S/C12H23NO4/c1-10(2,3)12(9(16)17,11(4,5)6)13-7-8(14)15/h13H,7H2,1-6H3,(H,14,15)(H,16,17). The molecule has 0 aliphatic rings. The summed E-state index contributed by atoms with van der Waals surface area (Å²) in [5.41, 5.74) is -2.54. The van der Waals surface area contributed by atoms with Crippen LogP contribution in [0.15, 0.2) is 0 Å². The number of rotatable bonds is 4. The fourth-order valence-corrected chi connectivity index (χ4v) is 2.58. The summed E-state index contributed by atoms with van der Waals surface area (Å²) in [5, 5.41) is 21.0. The van der Waals surface area contributed by atoms with Gasteiger partial charge in [0.25, 0.3) is 0 Å². The molecule has 0 aromatic heterocycles. The van der Waals surface area contributed by atoms with E-state index in [1.807, 2.05) is 0 Å². The molecule has 0 aromatic carbocycles. The molecule has 0 aliphatic heterocycles. The van der Waals surface area contributed by atoms with Gasteiger partial charge in [-0.1, -0.05) is 41.5 Å². The molecule has 0 saturated carbocycles. The molecule has 5 nitrogen and oxygen atoms in total. The molecule has 0 fully saturated rings. The van der Waals surface area contributed by atoms with Gasteiger partial charge in [0.15, 0.2) is 0 Å². The average Bonchev–Trinajstić information content (AvgIpc) is 1.97. The SMILES string of the molecule is CC(C)(C)C(NCC(=O)O)(C(=O)O)C(C)(C)C. The summed E-state index contributed by atoms with van der Waals surface area (Å²) in [6, 6.07) is 0. The number of aliphatic carboxylic acids is 2. The monoisotopic (exact) mass is 245 g/mol. The smallest absolute Gasteiger partial charge is 0.325 e. The van der Waals surface area contributed by atoms with E-state index in [1.165, 1.54) is 0 Å². The first-order chi connectivity index (χ1) is 7.36. The maximum atomic E-state index is 11.7. The minimum Gasteiger partial charge on any atom is -0.480 e. The number of nitrogens with one attached hydrogen (secondary N) is 1. The number of carbonyl (C=O) groups is 2. The van der Waals surface area contributed by atoms with E-state index in [4.69, 9.17) is 5.11 Å². The van der Waals surface area contributed by atoms with E-state index >= 15 is 0 Å². The highest BCUT2D eigenvalue weighted by atomic mass is 16.4. The van der Waals surface area contributed by atoms with Crippen molar-refractivity contribution in [2.24, 2.45) is 10.8 Å². The molecule has 0 unspecified atom stereocenters. The van der Waals surface area contributed by atoms with Crippen LogP contribution in [0.2, 0.25) is 0 Å². The molecular formula is C12H23NO4. The lowest BCUT2D eigenvalue weighted by molar-refractivity contribution is -0.159. The Balaban J connectivity index is 5.60. The van der Waals surface area contributed by atoms with Gasteiger partial charge < -0.3 is 10.2 Å². The first-order valence-electron chi connectivity index (χ1n) is 5.56. The fourth-order valence-electron chi connectivity index (χ4n) is 2.58. The molecule has 0 aliphatic carbocycles. The Hall–Kier alpha value is -1.10. The van der Waals surface area contributed by atoms with E-state index < -0.39 is 28.3 Å². The van der Waals surface area contributed by atoms with Gasteiger partial charge in [-0.25, -0.2) is 0 Å². The maximum absolute atomic E-state index is 11.7. The van der Waals surface area contributed by atoms with E-state index in [0.29, 0.717) is 0 Å². The highest BCUT2D eigenvalue weighted by Gasteiger charge is 2.56. The Morgan fingerprint density at radius 2 is 1.29 bits per heavy atom. The molecule has 5 heteroatoms. The van der Waals surface area contributed by atoms with Crippen molar-refractivity contribution in [2.75, 3.05) is 6.54 Å². The van der Waals surface area contributed by atoms with E-state index in [1.54, 1.807) is 41.5 Å². The van der Waals surface area contributed by atoms with Gasteiger partial charge in [0, 0.05) is 0 Å². The van der Waals surface area contributed by atoms with Gasteiger partial charge in [-0.05, 0) is 10.8 Å². The summed E-state index contributed by atoms with van der Waals surface area (Å²) in [4.78, 5) is 22.3. The van der Waals surface area contributed by atoms with Gasteiger partial charge in [-0.2, -0.15) is 0 Å². The van der Waals surface area contributed by atoms with Crippen LogP contribution in [-0.4, -0.2) is 34.2 Å². The fraction of sp³-hybridized carbons (Fsp3) is 0.833. The van der Waals surface area contributed by atoms with E-state index in [0.717, 1.165) is 0 Å². The van der Waals surface area contributed by atoms with Crippen molar-refractivity contribution in [3.8, 4) is 0 Å². The second kappa shape index (κ2) is 4.64. The molecule has 0 radical (unpaired) electrons. The van der Waals surface area contributed by atoms with Crippen LogP contribution in [0, 0.1) is 10.8 Å². The van der Waals surface area contributed by atoms with Gasteiger partial charge >= 0.3 is 11.9 Å². The van der Waals surface area contributed by atoms with Crippen molar-refractivity contribution in [1.29, 1.82) is 0 Å². The van der Waals surface area contributed by atoms with Crippen LogP contribution in [0.4, 0.5) is 0 Å². The number of carboxylic acids is 2. The molecule has 0 bridgehead atoms. The molecule has 0 atom stereocenters. The van der Waals surface area contributed by atoms with Gasteiger partial charge in [-0.15, -0.1) is 0 Å². The average molecular weight is 245 g/mol. The Morgan fingerprint density at radius 3 is 1.47 bits per heavy atom. The minimum absolute atomic E-state index is 0.374. The zero-order valence-electron chi connectivity index (χ0n) is 11.4. The predicted molar refractivity (Wildman–Crippen MR) is 64.9 cm³/mol. The van der Waals surface area contributed by atoms with Crippen LogP contribution in [0.1, 0.15) is 41.5 Å². The summed E-state index contributed by atoms with van der Waals surface area (Å²) in [5.74, 6) is -2.09. The summed E-state index contributed by atoms with van der Waals surface area (Å²) in [6.07, 6.45) is 0. The number of hydrogen-bond donors (Lipinski definition) is 3. The van der Waals surface area contributed by atoms with Crippen LogP contribution in [0.3, 0.4) is 0 Å². The van der Waals surface area contributed by atoms with Crippen LogP contribution in [0.25, 0.3) is 0 Å². The molecule has 0 heterocycles. The lowest BCUT2D eigenvalue weighted by Crippen LogP contribution is -2.68. The van der Waals surface area contributed by atoms with Crippen LogP contribution in [-0.2, 0) is 9.59 Å². The molecule has 17 heavy (non-hydrogen) atoms. The molecule has 0 rings (SSSR count). The topological polar surface area (TPSA) is 86.6 Å². The Morgan fingerprint density at radius 1 is 0.941 bits per heavy atom. The highest BCUT2D eigenvalue weighted by Crippen LogP contribution is 2.44. The molecule has 0 saturated heterocycles. The van der Waals surface area contributed by atoms with Crippen LogP contribution >= 0.6 is 0 Å². The first-order valence-corrected chi connectivity index (χ1v) is 5.56. The van der Waals surface area contributed by atoms with Crippen molar-refractivity contribution in [3.63, 3.8) is 0 Å². The number of hydrogen-bond acceptors (Lipinski definition) is 3. The van der Waals surface area contributed by atoms with Crippen molar-refractivity contribution >= 4 is 11.9 Å². The third-order valence-electron chi connectivity index (χ3n) is 3.08. The Labute approximate surface area is 102 Å². The molecular weight excluding hydrogens is 222 g/mol. The van der Waals surface area contributed by atoms with Gasteiger partial charge in [0.2, 0.25) is 0 Å². The van der Waals surface area contributed by atoms with E-state index in [2.05, 4.69) is 5.32 Å². The Bertz CT molecular complexity index is 295. The lowest BCUT2D eigenvalue weighted by Gasteiger charge is -2.50. The largest absolute Gasteiger partial charge is 0.480 e.